The van der Waals surface area contributed by atoms with Gasteiger partial charge in [-0.2, -0.15) is 0 Å². The second kappa shape index (κ2) is 15.6. The van der Waals surface area contributed by atoms with Crippen LogP contribution in [0.2, 0.25) is 0 Å². The van der Waals surface area contributed by atoms with Crippen molar-refractivity contribution < 1.29 is 9.90 Å². The lowest BCUT2D eigenvalue weighted by molar-refractivity contribution is -0.107. The highest BCUT2D eigenvalue weighted by Gasteiger charge is 1.78. The van der Waals surface area contributed by atoms with Gasteiger partial charge in [0.05, 0.1) is 0 Å². The molecule has 0 bridgehead atoms. The molecule has 9 heavy (non-hydrogen) atoms. The molecule has 0 aliphatic heterocycles. The Morgan fingerprint density at radius 2 is 2.11 bits per heavy atom. The summed E-state index contributed by atoms with van der Waals surface area (Å²) in [6, 6.07) is 0. The number of aliphatic hydroxyl groups is 1. The summed E-state index contributed by atoms with van der Waals surface area (Å²) < 4.78 is 0. The zero-order chi connectivity index (χ0) is 7.54. The molecule has 0 unspecified atom stereocenters. The molecule has 0 radical (unpaired) electrons. The van der Waals surface area contributed by atoms with Crippen molar-refractivity contribution in [3.8, 4) is 0 Å². The number of hydrogen-bond acceptors (Lipinski definition) is 3. The fourth-order valence-corrected chi connectivity index (χ4v) is 0.362. The van der Waals surface area contributed by atoms with E-state index in [1.165, 1.54) is 0 Å². The smallest absolute Gasteiger partial charge is 0.120 e. The fraction of sp³-hybridized carbons (Fsp3) is 0.833. The van der Waals surface area contributed by atoms with Gasteiger partial charge in [-0.25, -0.2) is 0 Å². The maximum absolute atomic E-state index is 9.65. The van der Waals surface area contributed by atoms with Crippen molar-refractivity contribution >= 4 is 6.29 Å². The van der Waals surface area contributed by atoms with Crippen molar-refractivity contribution in [2.24, 2.45) is 0 Å². The van der Waals surface area contributed by atoms with Crippen molar-refractivity contribution in [3.63, 3.8) is 0 Å². The summed E-state index contributed by atoms with van der Waals surface area (Å²) in [4.78, 5) is 9.65. The minimum absolute atomic E-state index is 0.681. The standard InChI is InChI=1S/C5H11NO.CH4O/c1-6-4-2-3-5-7;1-2/h5-6H,2-4H2,1H3;2H,1H3. The van der Waals surface area contributed by atoms with E-state index < -0.39 is 0 Å². The van der Waals surface area contributed by atoms with Gasteiger partial charge in [0.2, 0.25) is 0 Å². The third-order valence-electron chi connectivity index (χ3n) is 0.749. The van der Waals surface area contributed by atoms with E-state index in [1.807, 2.05) is 7.05 Å². The molecule has 0 heterocycles. The molecular formula is C6H15NO2. The second-order valence-corrected chi connectivity index (χ2v) is 1.41. The van der Waals surface area contributed by atoms with Crippen LogP contribution in [0.5, 0.6) is 0 Å². The number of carbonyl (C=O) groups excluding carboxylic acids is 1. The summed E-state index contributed by atoms with van der Waals surface area (Å²) in [5, 5.41) is 9.94. The van der Waals surface area contributed by atoms with Gasteiger partial charge < -0.3 is 15.2 Å². The molecule has 0 aromatic heterocycles. The Labute approximate surface area is 56.1 Å². The monoisotopic (exact) mass is 133 g/mol. The Hall–Kier alpha value is -0.410. The number of hydrogen-bond donors (Lipinski definition) is 2. The third-order valence-corrected chi connectivity index (χ3v) is 0.749. The highest BCUT2D eigenvalue weighted by Crippen LogP contribution is 1.77. The number of carbonyl (C=O) groups is 1. The van der Waals surface area contributed by atoms with Crippen molar-refractivity contribution in [2.75, 3.05) is 20.7 Å². The fourth-order valence-electron chi connectivity index (χ4n) is 0.362. The van der Waals surface area contributed by atoms with Crippen LogP contribution in [0, 0.1) is 0 Å². The minimum Gasteiger partial charge on any atom is -0.400 e. The molecule has 0 aromatic rings. The molecule has 0 rings (SSSR count). The second-order valence-electron chi connectivity index (χ2n) is 1.41. The maximum Gasteiger partial charge on any atom is 0.120 e. The minimum atomic E-state index is 0.681. The molecule has 0 aromatic carbocycles. The Bertz CT molecular complexity index is 48.3. The first-order chi connectivity index (χ1) is 4.41. The van der Waals surface area contributed by atoms with Crippen molar-refractivity contribution in [1.82, 2.24) is 5.32 Å². The van der Waals surface area contributed by atoms with E-state index in [9.17, 15) is 4.79 Å². The quantitative estimate of drug-likeness (QED) is 0.412. The van der Waals surface area contributed by atoms with Crippen molar-refractivity contribution in [3.05, 3.63) is 0 Å². The van der Waals surface area contributed by atoms with E-state index in [0.717, 1.165) is 26.4 Å². The molecule has 0 spiro atoms. The SMILES string of the molecule is CNCCCC=O.CO. The first kappa shape index (κ1) is 11.4. The molecule has 0 fully saturated rings. The van der Waals surface area contributed by atoms with Crippen LogP contribution in [0.1, 0.15) is 12.8 Å². The highest BCUT2D eigenvalue weighted by molar-refractivity contribution is 5.48. The molecule has 0 amide bonds. The van der Waals surface area contributed by atoms with Crippen molar-refractivity contribution in [1.29, 1.82) is 0 Å². The van der Waals surface area contributed by atoms with Gasteiger partial charge in [0.25, 0.3) is 0 Å². The lowest BCUT2D eigenvalue weighted by atomic mass is 10.3. The normalized spacial score (nSPS) is 7.44. The van der Waals surface area contributed by atoms with Gasteiger partial charge in [0, 0.05) is 13.5 Å². The van der Waals surface area contributed by atoms with Gasteiger partial charge in [0.15, 0.2) is 0 Å². The summed E-state index contributed by atoms with van der Waals surface area (Å²) in [5.74, 6) is 0. The predicted octanol–water partition coefficient (Wildman–Crippen LogP) is -0.207. The number of unbranched alkanes of at least 4 members (excludes halogenated alkanes) is 1. The van der Waals surface area contributed by atoms with Crippen LogP contribution in [-0.4, -0.2) is 32.1 Å². The topological polar surface area (TPSA) is 49.3 Å². The largest absolute Gasteiger partial charge is 0.400 e. The van der Waals surface area contributed by atoms with E-state index in [1.54, 1.807) is 0 Å². The van der Waals surface area contributed by atoms with Crippen LogP contribution in [0.3, 0.4) is 0 Å². The molecule has 3 heteroatoms. The van der Waals surface area contributed by atoms with Crippen LogP contribution in [-0.2, 0) is 4.79 Å². The van der Waals surface area contributed by atoms with E-state index in [4.69, 9.17) is 5.11 Å². The van der Waals surface area contributed by atoms with E-state index in [2.05, 4.69) is 5.32 Å². The maximum atomic E-state index is 9.65. The Balaban J connectivity index is 0. The number of aldehydes is 1. The summed E-state index contributed by atoms with van der Waals surface area (Å²) in [7, 11) is 2.88. The summed E-state index contributed by atoms with van der Waals surface area (Å²) in [6.07, 6.45) is 2.58. The van der Waals surface area contributed by atoms with Crippen LogP contribution < -0.4 is 5.32 Å². The van der Waals surface area contributed by atoms with Gasteiger partial charge in [-0.15, -0.1) is 0 Å². The first-order valence-corrected chi connectivity index (χ1v) is 2.94. The molecule has 56 valence electrons. The molecular weight excluding hydrogens is 118 g/mol. The lowest BCUT2D eigenvalue weighted by Gasteiger charge is -1.89. The van der Waals surface area contributed by atoms with Gasteiger partial charge in [-0.05, 0) is 20.0 Å². The van der Waals surface area contributed by atoms with Gasteiger partial charge in [0.1, 0.15) is 6.29 Å². The van der Waals surface area contributed by atoms with Crippen LogP contribution in [0.25, 0.3) is 0 Å². The zero-order valence-electron chi connectivity index (χ0n) is 6.05. The molecule has 2 N–H and O–H groups in total. The van der Waals surface area contributed by atoms with E-state index >= 15 is 0 Å². The lowest BCUT2D eigenvalue weighted by Crippen LogP contribution is -2.06. The van der Waals surface area contributed by atoms with E-state index in [0.29, 0.717) is 6.42 Å². The molecule has 0 saturated heterocycles. The Morgan fingerprint density at radius 3 is 2.44 bits per heavy atom. The number of rotatable bonds is 4. The Kier molecular flexibility index (Phi) is 19.8. The van der Waals surface area contributed by atoms with Crippen LogP contribution >= 0.6 is 0 Å². The molecule has 0 saturated carbocycles. The van der Waals surface area contributed by atoms with Gasteiger partial charge in [-0.1, -0.05) is 0 Å². The molecule has 0 aliphatic carbocycles. The first-order valence-electron chi connectivity index (χ1n) is 2.94. The zero-order valence-corrected chi connectivity index (χ0v) is 6.05. The average molecular weight is 133 g/mol. The third kappa shape index (κ3) is 18.4. The van der Waals surface area contributed by atoms with E-state index in [-0.39, 0.29) is 0 Å². The predicted molar refractivity (Wildman–Crippen MR) is 37.4 cm³/mol. The number of aliphatic hydroxyl groups excluding tert-OH is 1. The Morgan fingerprint density at radius 1 is 1.56 bits per heavy atom. The highest BCUT2D eigenvalue weighted by atomic mass is 16.2. The van der Waals surface area contributed by atoms with Crippen molar-refractivity contribution in [2.45, 2.75) is 12.8 Å². The summed E-state index contributed by atoms with van der Waals surface area (Å²) in [5.41, 5.74) is 0. The molecule has 3 nitrogen and oxygen atoms in total. The van der Waals surface area contributed by atoms with Gasteiger partial charge >= 0.3 is 0 Å². The van der Waals surface area contributed by atoms with Gasteiger partial charge in [-0.3, -0.25) is 0 Å². The van der Waals surface area contributed by atoms with Crippen LogP contribution in [0.4, 0.5) is 0 Å². The number of nitrogens with one attached hydrogen (secondary N) is 1. The summed E-state index contributed by atoms with van der Waals surface area (Å²) in [6.45, 7) is 0.943. The average Bonchev–Trinajstić information content (AvgIpc) is 1.94. The molecule has 0 aliphatic rings. The molecule has 0 atom stereocenters. The summed E-state index contributed by atoms with van der Waals surface area (Å²) >= 11 is 0. The van der Waals surface area contributed by atoms with Crippen LogP contribution in [0.15, 0.2) is 0 Å².